The number of hydrogen-bond donors (Lipinski definition) is 2. The molecule has 8 heteroatoms. The van der Waals surface area contributed by atoms with Crippen LogP contribution in [0.15, 0.2) is 28.3 Å². The molecule has 0 atom stereocenters. The number of hydrogen-bond acceptors (Lipinski definition) is 5. The number of rotatable bonds is 4. The normalized spacial score (nSPS) is 14.6. The maximum absolute atomic E-state index is 7.59. The van der Waals surface area contributed by atoms with E-state index in [1.807, 2.05) is 4.68 Å². The molecule has 0 amide bonds. The van der Waals surface area contributed by atoms with Gasteiger partial charge in [0.1, 0.15) is 5.84 Å². The van der Waals surface area contributed by atoms with Crippen LogP contribution in [0.1, 0.15) is 24.4 Å². The molecule has 0 unspecified atom stereocenters. The molecule has 0 saturated heterocycles. The molecule has 3 N–H and O–H groups in total. The van der Waals surface area contributed by atoms with Crippen LogP contribution in [0.3, 0.4) is 0 Å². The summed E-state index contributed by atoms with van der Waals surface area (Å²) < 4.78 is 1.81. The molecule has 0 aliphatic heterocycles. The van der Waals surface area contributed by atoms with Crippen LogP contribution in [-0.4, -0.2) is 26.0 Å². The first-order valence-electron chi connectivity index (χ1n) is 5.75. The minimum Gasteiger partial charge on any atom is -0.384 e. The fourth-order valence-corrected chi connectivity index (χ4v) is 2.97. The molecular formula is C11H11ClN6S. The molecule has 1 aliphatic rings. The molecule has 1 aromatic carbocycles. The standard InChI is InChI=1S/C11H11ClN6S/c12-6-1-4-8(10(13)14)9(5-6)19-11-15-16-17-18(11)7-2-3-7/h1,4-5,7H,2-3H2,(H3,13,14). The fourth-order valence-electron chi connectivity index (χ4n) is 1.70. The van der Waals surface area contributed by atoms with E-state index in [-0.39, 0.29) is 5.84 Å². The van der Waals surface area contributed by atoms with Crippen LogP contribution in [-0.2, 0) is 0 Å². The number of amidine groups is 1. The van der Waals surface area contributed by atoms with Crippen molar-refractivity contribution in [2.45, 2.75) is 28.9 Å². The number of halogens is 1. The van der Waals surface area contributed by atoms with Crippen molar-refractivity contribution in [1.82, 2.24) is 20.2 Å². The molecule has 1 aromatic heterocycles. The van der Waals surface area contributed by atoms with E-state index in [1.165, 1.54) is 11.8 Å². The molecular weight excluding hydrogens is 284 g/mol. The smallest absolute Gasteiger partial charge is 0.214 e. The highest BCUT2D eigenvalue weighted by Gasteiger charge is 2.28. The summed E-state index contributed by atoms with van der Waals surface area (Å²) >= 11 is 7.37. The summed E-state index contributed by atoms with van der Waals surface area (Å²) in [6.45, 7) is 0. The zero-order valence-electron chi connectivity index (χ0n) is 9.88. The lowest BCUT2D eigenvalue weighted by Gasteiger charge is -2.08. The first-order valence-corrected chi connectivity index (χ1v) is 6.94. The highest BCUT2D eigenvalue weighted by molar-refractivity contribution is 7.99. The van der Waals surface area contributed by atoms with Crippen molar-refractivity contribution in [1.29, 1.82) is 5.41 Å². The van der Waals surface area contributed by atoms with Gasteiger partial charge in [-0.25, -0.2) is 4.68 Å². The number of nitrogen functional groups attached to an aromatic ring is 1. The van der Waals surface area contributed by atoms with E-state index in [2.05, 4.69) is 15.5 Å². The second-order valence-electron chi connectivity index (χ2n) is 4.29. The summed E-state index contributed by atoms with van der Waals surface area (Å²) in [6.07, 6.45) is 2.21. The highest BCUT2D eigenvalue weighted by Crippen LogP contribution is 2.39. The Hall–Kier alpha value is -1.60. The van der Waals surface area contributed by atoms with Gasteiger partial charge in [0.15, 0.2) is 0 Å². The molecule has 3 rings (SSSR count). The molecule has 0 radical (unpaired) electrons. The van der Waals surface area contributed by atoms with Gasteiger partial charge in [0.05, 0.1) is 6.04 Å². The van der Waals surface area contributed by atoms with Crippen molar-refractivity contribution < 1.29 is 0 Å². The Balaban J connectivity index is 1.95. The third-order valence-corrected chi connectivity index (χ3v) is 4.03. The average molecular weight is 295 g/mol. The third kappa shape index (κ3) is 2.57. The zero-order valence-corrected chi connectivity index (χ0v) is 11.4. The first-order chi connectivity index (χ1) is 9.15. The predicted molar refractivity (Wildman–Crippen MR) is 72.7 cm³/mol. The molecule has 2 aromatic rings. The van der Waals surface area contributed by atoms with Crippen molar-refractivity contribution in [2.75, 3.05) is 0 Å². The topological polar surface area (TPSA) is 93.5 Å². The number of tetrazole rings is 1. The highest BCUT2D eigenvalue weighted by atomic mass is 35.5. The van der Waals surface area contributed by atoms with Gasteiger partial charge < -0.3 is 5.73 Å². The lowest BCUT2D eigenvalue weighted by Crippen LogP contribution is -2.12. The number of nitrogens with zero attached hydrogens (tertiary/aromatic N) is 4. The minimum atomic E-state index is 0.00427. The van der Waals surface area contributed by atoms with Crippen LogP contribution >= 0.6 is 23.4 Å². The van der Waals surface area contributed by atoms with Crippen LogP contribution in [0.2, 0.25) is 5.02 Å². The fraction of sp³-hybridized carbons (Fsp3) is 0.273. The summed E-state index contributed by atoms with van der Waals surface area (Å²) in [4.78, 5) is 0.789. The van der Waals surface area contributed by atoms with Gasteiger partial charge in [0.2, 0.25) is 5.16 Å². The molecule has 1 aliphatic carbocycles. The lowest BCUT2D eigenvalue weighted by molar-refractivity contribution is 0.565. The van der Waals surface area contributed by atoms with Crippen LogP contribution in [0, 0.1) is 5.41 Å². The van der Waals surface area contributed by atoms with E-state index in [9.17, 15) is 0 Å². The molecule has 6 nitrogen and oxygen atoms in total. The zero-order chi connectivity index (χ0) is 13.4. The van der Waals surface area contributed by atoms with Crippen molar-refractivity contribution in [3.63, 3.8) is 0 Å². The molecule has 1 saturated carbocycles. The lowest BCUT2D eigenvalue weighted by atomic mass is 10.2. The summed E-state index contributed by atoms with van der Waals surface area (Å²) in [7, 11) is 0. The molecule has 98 valence electrons. The van der Waals surface area contributed by atoms with Gasteiger partial charge >= 0.3 is 0 Å². The van der Waals surface area contributed by atoms with Crippen molar-refractivity contribution in [2.24, 2.45) is 5.73 Å². The van der Waals surface area contributed by atoms with Gasteiger partial charge in [-0.3, -0.25) is 5.41 Å². The van der Waals surface area contributed by atoms with E-state index in [1.54, 1.807) is 18.2 Å². The second-order valence-corrected chi connectivity index (χ2v) is 5.74. The van der Waals surface area contributed by atoms with E-state index in [0.29, 0.717) is 21.8 Å². The average Bonchev–Trinajstić information content (AvgIpc) is 3.10. The van der Waals surface area contributed by atoms with E-state index in [4.69, 9.17) is 22.7 Å². The van der Waals surface area contributed by atoms with Gasteiger partial charge in [0, 0.05) is 15.5 Å². The Morgan fingerprint density at radius 3 is 2.95 bits per heavy atom. The van der Waals surface area contributed by atoms with Crippen LogP contribution in [0.4, 0.5) is 0 Å². The third-order valence-electron chi connectivity index (χ3n) is 2.79. The van der Waals surface area contributed by atoms with Crippen molar-refractivity contribution in [3.8, 4) is 0 Å². The van der Waals surface area contributed by atoms with Crippen LogP contribution in [0.5, 0.6) is 0 Å². The first kappa shape index (κ1) is 12.4. The Kier molecular flexibility index (Phi) is 3.16. The van der Waals surface area contributed by atoms with Crippen LogP contribution < -0.4 is 5.73 Å². The SMILES string of the molecule is N=C(N)c1ccc(Cl)cc1Sc1nnnn1C1CC1. The largest absolute Gasteiger partial charge is 0.384 e. The number of nitrogens with two attached hydrogens (primary N) is 1. The van der Waals surface area contributed by atoms with Gasteiger partial charge in [-0.2, -0.15) is 0 Å². The van der Waals surface area contributed by atoms with E-state index >= 15 is 0 Å². The molecule has 0 spiro atoms. The summed E-state index contributed by atoms with van der Waals surface area (Å²) in [5.74, 6) is 0.00427. The van der Waals surface area contributed by atoms with Crippen LogP contribution in [0.25, 0.3) is 0 Å². The van der Waals surface area contributed by atoms with Gasteiger partial charge in [-0.1, -0.05) is 11.6 Å². The monoisotopic (exact) mass is 294 g/mol. The second kappa shape index (κ2) is 4.82. The minimum absolute atomic E-state index is 0.00427. The van der Waals surface area contributed by atoms with Gasteiger partial charge in [-0.15, -0.1) is 5.10 Å². The Labute approximate surface area is 118 Å². The predicted octanol–water partition coefficient (Wildman–Crippen LogP) is 2.10. The van der Waals surface area contributed by atoms with Gasteiger partial charge in [-0.05, 0) is 53.2 Å². The summed E-state index contributed by atoms with van der Waals surface area (Å²) in [5.41, 5.74) is 6.21. The number of aromatic nitrogens is 4. The molecule has 19 heavy (non-hydrogen) atoms. The van der Waals surface area contributed by atoms with Gasteiger partial charge in [0.25, 0.3) is 0 Å². The Bertz CT molecular complexity index is 636. The van der Waals surface area contributed by atoms with E-state index < -0.39 is 0 Å². The summed E-state index contributed by atoms with van der Waals surface area (Å²) in [6, 6.07) is 5.62. The Morgan fingerprint density at radius 2 is 2.26 bits per heavy atom. The molecule has 1 heterocycles. The van der Waals surface area contributed by atoms with Crippen molar-refractivity contribution in [3.05, 3.63) is 28.8 Å². The maximum atomic E-state index is 7.59. The summed E-state index contributed by atoms with van der Waals surface area (Å²) in [5, 5.41) is 20.6. The number of benzene rings is 1. The molecule has 0 bridgehead atoms. The Morgan fingerprint density at radius 1 is 1.47 bits per heavy atom. The maximum Gasteiger partial charge on any atom is 0.214 e. The van der Waals surface area contributed by atoms with E-state index in [0.717, 1.165) is 17.7 Å². The number of nitrogens with one attached hydrogen (secondary N) is 1. The van der Waals surface area contributed by atoms with Crippen molar-refractivity contribution >= 4 is 29.2 Å². The quantitative estimate of drug-likeness (QED) is 0.665. The molecule has 1 fully saturated rings.